The van der Waals surface area contributed by atoms with E-state index in [-0.39, 0.29) is 11.9 Å². The highest BCUT2D eigenvalue weighted by molar-refractivity contribution is 6.42. The van der Waals surface area contributed by atoms with E-state index >= 15 is 0 Å². The van der Waals surface area contributed by atoms with Crippen molar-refractivity contribution in [2.75, 3.05) is 19.6 Å². The van der Waals surface area contributed by atoms with Gasteiger partial charge in [0.25, 0.3) is 0 Å². The van der Waals surface area contributed by atoms with Gasteiger partial charge in [0.1, 0.15) is 0 Å². The number of carbonyl (C=O) groups is 1. The molecule has 1 unspecified atom stereocenters. The van der Waals surface area contributed by atoms with Crippen molar-refractivity contribution in [3.63, 3.8) is 0 Å². The zero-order valence-electron chi connectivity index (χ0n) is 13.2. The van der Waals surface area contributed by atoms with E-state index in [2.05, 4.69) is 16.1 Å². The Kier molecular flexibility index (Phi) is 7.23. The van der Waals surface area contributed by atoms with E-state index in [4.69, 9.17) is 29.6 Å². The van der Waals surface area contributed by atoms with Crippen LogP contribution in [0.3, 0.4) is 0 Å². The van der Waals surface area contributed by atoms with Gasteiger partial charge in [-0.05, 0) is 49.9 Å². The first-order valence-electron chi connectivity index (χ1n) is 8.01. The number of benzene rings is 1. The first kappa shape index (κ1) is 18.1. The lowest BCUT2D eigenvalue weighted by Crippen LogP contribution is -2.49. The zero-order valence-corrected chi connectivity index (χ0v) is 14.7. The van der Waals surface area contributed by atoms with Crippen molar-refractivity contribution < 1.29 is 4.79 Å². The van der Waals surface area contributed by atoms with Crippen LogP contribution in [0.25, 0.3) is 0 Å². The predicted molar refractivity (Wildman–Crippen MR) is 95.8 cm³/mol. The van der Waals surface area contributed by atoms with Gasteiger partial charge in [0, 0.05) is 6.54 Å². The van der Waals surface area contributed by atoms with Crippen LogP contribution in [-0.4, -0.2) is 36.5 Å². The van der Waals surface area contributed by atoms with Crippen molar-refractivity contribution in [1.29, 1.82) is 0 Å². The molecule has 23 heavy (non-hydrogen) atoms. The molecule has 1 aliphatic rings. The molecular formula is C18H22Cl2N2O. The predicted octanol–water partition coefficient (Wildman–Crippen LogP) is 3.53. The van der Waals surface area contributed by atoms with Gasteiger partial charge in [0.05, 0.1) is 22.6 Å². The summed E-state index contributed by atoms with van der Waals surface area (Å²) in [6.45, 7) is 2.10. The van der Waals surface area contributed by atoms with Crippen LogP contribution < -0.4 is 5.32 Å². The molecule has 1 aromatic rings. The molecule has 0 aliphatic carbocycles. The molecule has 124 valence electrons. The van der Waals surface area contributed by atoms with E-state index in [1.165, 1.54) is 0 Å². The van der Waals surface area contributed by atoms with Gasteiger partial charge in [-0.15, -0.1) is 6.42 Å². The van der Waals surface area contributed by atoms with E-state index in [1.54, 1.807) is 6.07 Å². The van der Waals surface area contributed by atoms with Crippen molar-refractivity contribution in [3.8, 4) is 12.3 Å². The molecule has 0 radical (unpaired) electrons. The van der Waals surface area contributed by atoms with Crippen LogP contribution in [-0.2, 0) is 11.2 Å². The molecule has 1 N–H and O–H groups in total. The molecule has 1 saturated heterocycles. The molecule has 1 heterocycles. The van der Waals surface area contributed by atoms with E-state index in [0.29, 0.717) is 23.1 Å². The van der Waals surface area contributed by atoms with Crippen LogP contribution >= 0.6 is 23.2 Å². The van der Waals surface area contributed by atoms with E-state index < -0.39 is 0 Å². The van der Waals surface area contributed by atoms with E-state index in [9.17, 15) is 4.79 Å². The zero-order chi connectivity index (χ0) is 16.7. The second-order valence-corrected chi connectivity index (χ2v) is 6.64. The number of terminal acetylenes is 1. The van der Waals surface area contributed by atoms with Crippen LogP contribution in [0.15, 0.2) is 18.2 Å². The van der Waals surface area contributed by atoms with Crippen LogP contribution in [0.1, 0.15) is 31.2 Å². The first-order chi connectivity index (χ1) is 11.1. The fourth-order valence-corrected chi connectivity index (χ4v) is 3.23. The summed E-state index contributed by atoms with van der Waals surface area (Å²) < 4.78 is 0. The lowest BCUT2D eigenvalue weighted by atomic mass is 10.0. The fourth-order valence-electron chi connectivity index (χ4n) is 2.91. The molecule has 5 heteroatoms. The summed E-state index contributed by atoms with van der Waals surface area (Å²) in [6.07, 6.45) is 10.2. The number of halogens is 2. The van der Waals surface area contributed by atoms with Gasteiger partial charge in [-0.3, -0.25) is 9.69 Å². The quantitative estimate of drug-likeness (QED) is 0.627. The third-order valence-electron chi connectivity index (χ3n) is 4.14. The van der Waals surface area contributed by atoms with Gasteiger partial charge < -0.3 is 5.32 Å². The normalized spacial score (nSPS) is 18.4. The van der Waals surface area contributed by atoms with Crippen LogP contribution in [0.2, 0.25) is 10.0 Å². The highest BCUT2D eigenvalue weighted by atomic mass is 35.5. The minimum Gasteiger partial charge on any atom is -0.355 e. The molecule has 0 spiro atoms. The Hall–Kier alpha value is -1.21. The van der Waals surface area contributed by atoms with Crippen molar-refractivity contribution in [3.05, 3.63) is 33.8 Å². The smallest absolute Gasteiger partial charge is 0.237 e. The van der Waals surface area contributed by atoms with Crippen molar-refractivity contribution in [2.45, 2.75) is 38.1 Å². The molecule has 0 bridgehead atoms. The standard InChI is InChI=1S/C18H22Cl2N2O/c1-2-11-22-12-4-3-7-17(22)18(23)21-10-5-6-14-8-9-15(19)16(20)13-14/h1,8-9,13,17H,3-7,10-12H2,(H,21,23). The monoisotopic (exact) mass is 352 g/mol. The lowest BCUT2D eigenvalue weighted by molar-refractivity contribution is -0.127. The molecule has 0 aromatic heterocycles. The van der Waals surface area contributed by atoms with Gasteiger partial charge >= 0.3 is 0 Å². The van der Waals surface area contributed by atoms with Crippen LogP contribution in [0.4, 0.5) is 0 Å². The number of likely N-dealkylation sites (tertiary alicyclic amines) is 1. The van der Waals surface area contributed by atoms with Gasteiger partial charge in [-0.2, -0.15) is 0 Å². The maximum atomic E-state index is 12.3. The van der Waals surface area contributed by atoms with Gasteiger partial charge in [-0.1, -0.05) is 41.6 Å². The van der Waals surface area contributed by atoms with E-state index in [0.717, 1.165) is 44.2 Å². The summed E-state index contributed by atoms with van der Waals surface area (Å²) in [5.41, 5.74) is 1.13. The Bertz CT molecular complexity index is 583. The van der Waals surface area contributed by atoms with Gasteiger partial charge in [-0.25, -0.2) is 0 Å². The third kappa shape index (κ3) is 5.42. The van der Waals surface area contributed by atoms with Gasteiger partial charge in [0.15, 0.2) is 0 Å². The second kappa shape index (κ2) is 9.17. The summed E-state index contributed by atoms with van der Waals surface area (Å²) >= 11 is 11.9. The number of carbonyl (C=O) groups excluding carboxylic acids is 1. The maximum absolute atomic E-state index is 12.3. The largest absolute Gasteiger partial charge is 0.355 e. The molecule has 0 saturated carbocycles. The molecular weight excluding hydrogens is 331 g/mol. The number of rotatable bonds is 6. The summed E-state index contributed by atoms with van der Waals surface area (Å²) in [5.74, 6) is 2.74. The highest BCUT2D eigenvalue weighted by Gasteiger charge is 2.27. The number of nitrogens with zero attached hydrogens (tertiary/aromatic N) is 1. The van der Waals surface area contributed by atoms with Crippen LogP contribution in [0, 0.1) is 12.3 Å². The molecule has 1 fully saturated rings. The molecule has 1 aromatic carbocycles. The minimum absolute atomic E-state index is 0.0789. The Morgan fingerprint density at radius 2 is 2.17 bits per heavy atom. The van der Waals surface area contributed by atoms with Crippen molar-refractivity contribution >= 4 is 29.1 Å². The fraction of sp³-hybridized carbons (Fsp3) is 0.500. The number of nitrogens with one attached hydrogen (secondary N) is 1. The SMILES string of the molecule is C#CCN1CCCCC1C(=O)NCCCc1ccc(Cl)c(Cl)c1. The average molecular weight is 353 g/mol. The summed E-state index contributed by atoms with van der Waals surface area (Å²) in [4.78, 5) is 14.4. The molecule has 1 aliphatic heterocycles. The average Bonchev–Trinajstić information content (AvgIpc) is 2.55. The van der Waals surface area contributed by atoms with Crippen molar-refractivity contribution in [1.82, 2.24) is 10.2 Å². The number of hydrogen-bond acceptors (Lipinski definition) is 2. The Balaban J connectivity index is 1.75. The lowest BCUT2D eigenvalue weighted by Gasteiger charge is -2.33. The summed E-state index contributed by atoms with van der Waals surface area (Å²) in [7, 11) is 0. The number of aryl methyl sites for hydroxylation is 1. The van der Waals surface area contributed by atoms with Crippen molar-refractivity contribution in [2.24, 2.45) is 0 Å². The topological polar surface area (TPSA) is 32.3 Å². The maximum Gasteiger partial charge on any atom is 0.237 e. The second-order valence-electron chi connectivity index (χ2n) is 5.83. The highest BCUT2D eigenvalue weighted by Crippen LogP contribution is 2.23. The molecule has 1 atom stereocenters. The molecule has 3 nitrogen and oxygen atoms in total. The molecule has 1 amide bonds. The van der Waals surface area contributed by atoms with E-state index in [1.807, 2.05) is 12.1 Å². The van der Waals surface area contributed by atoms with Crippen LogP contribution in [0.5, 0.6) is 0 Å². The number of amides is 1. The number of hydrogen-bond donors (Lipinski definition) is 1. The third-order valence-corrected chi connectivity index (χ3v) is 4.88. The summed E-state index contributed by atoms with van der Waals surface area (Å²) in [6, 6.07) is 5.56. The Labute approximate surface area is 148 Å². The van der Waals surface area contributed by atoms with Gasteiger partial charge in [0.2, 0.25) is 5.91 Å². The Morgan fingerprint density at radius 3 is 2.91 bits per heavy atom. The number of piperidine rings is 1. The first-order valence-corrected chi connectivity index (χ1v) is 8.76. The summed E-state index contributed by atoms with van der Waals surface area (Å²) in [5, 5.41) is 4.16. The Morgan fingerprint density at radius 1 is 1.35 bits per heavy atom. The molecule has 2 rings (SSSR count). The minimum atomic E-state index is -0.0789.